The second-order valence-corrected chi connectivity index (χ2v) is 8.28. The molecule has 0 aromatic heterocycles. The summed E-state index contributed by atoms with van der Waals surface area (Å²) in [6, 6.07) is 0. The lowest BCUT2D eigenvalue weighted by atomic mass is 9.81. The average molecular weight is 375 g/mol. The van der Waals surface area contributed by atoms with Crippen molar-refractivity contribution >= 4 is 11.8 Å². The molecule has 4 nitrogen and oxygen atoms in total. The molecule has 4 heteroatoms. The van der Waals surface area contributed by atoms with E-state index in [1.54, 1.807) is 0 Å². The van der Waals surface area contributed by atoms with Crippen LogP contribution in [0.2, 0.25) is 0 Å². The highest BCUT2D eigenvalue weighted by molar-refractivity contribution is 6.32. The summed E-state index contributed by atoms with van der Waals surface area (Å²) >= 11 is 0. The number of carbonyl (C=O) groups is 2. The molecule has 0 fully saturated rings. The first-order chi connectivity index (χ1) is 12.6. The van der Waals surface area contributed by atoms with Crippen molar-refractivity contribution in [3.05, 3.63) is 48.1 Å². The molecular weight excluding hydrogens is 340 g/mol. The van der Waals surface area contributed by atoms with Gasteiger partial charge in [0.25, 0.3) is 0 Å². The van der Waals surface area contributed by atoms with E-state index in [1.165, 1.54) is 5.57 Å². The molecule has 27 heavy (non-hydrogen) atoms. The lowest BCUT2D eigenvalue weighted by Gasteiger charge is -2.28. The van der Waals surface area contributed by atoms with Crippen LogP contribution in [0.15, 0.2) is 48.1 Å². The topological polar surface area (TPSA) is 74.6 Å². The fourth-order valence-corrected chi connectivity index (χ4v) is 2.99. The summed E-state index contributed by atoms with van der Waals surface area (Å²) in [5.74, 6) is -1.36. The molecule has 0 aliphatic heterocycles. The Morgan fingerprint density at radius 2 is 1.96 bits per heavy atom. The Bertz CT molecular complexity index is 618. The predicted octanol–water partition coefficient (Wildman–Crippen LogP) is 4.86. The van der Waals surface area contributed by atoms with E-state index in [0.717, 1.165) is 19.3 Å². The third-order valence-electron chi connectivity index (χ3n) is 5.08. The van der Waals surface area contributed by atoms with Crippen LogP contribution >= 0.6 is 0 Å². The van der Waals surface area contributed by atoms with Crippen molar-refractivity contribution in [2.24, 2.45) is 17.3 Å². The molecule has 3 atom stereocenters. The number of aliphatic hydroxyl groups excluding tert-OH is 1. The molecule has 0 saturated carbocycles. The number of allylic oxidation sites excluding steroid dienone is 7. The van der Waals surface area contributed by atoms with Gasteiger partial charge in [0.2, 0.25) is 5.78 Å². The van der Waals surface area contributed by atoms with E-state index in [9.17, 15) is 14.7 Å². The van der Waals surface area contributed by atoms with E-state index in [2.05, 4.69) is 52.0 Å². The Morgan fingerprint density at radius 3 is 2.59 bits per heavy atom. The van der Waals surface area contributed by atoms with Gasteiger partial charge in [-0.25, -0.2) is 4.79 Å². The standard InChI is InChI=1S/C23H34O4/c1-17(2)15-16-23(3,4)21(25)14-13-19-11-8-10-18(19)9-6-5-7-12-20(24)22(26)27/h5-6,8,11,13-15,18-19,21,25H,7,9-10,12,16H2,1-4H3,(H,26,27)/t18-,19-,21+/m1/s1. The maximum absolute atomic E-state index is 11.0. The Hall–Kier alpha value is -1.94. The van der Waals surface area contributed by atoms with Crippen molar-refractivity contribution in [1.29, 1.82) is 0 Å². The summed E-state index contributed by atoms with van der Waals surface area (Å²) in [5.41, 5.74) is 1.05. The number of hydrogen-bond acceptors (Lipinski definition) is 3. The third-order valence-corrected chi connectivity index (χ3v) is 5.08. The van der Waals surface area contributed by atoms with Crippen LogP contribution in [0.25, 0.3) is 0 Å². The van der Waals surface area contributed by atoms with Crippen LogP contribution in [-0.4, -0.2) is 28.1 Å². The van der Waals surface area contributed by atoms with Gasteiger partial charge in [-0.3, -0.25) is 4.79 Å². The molecular formula is C23H34O4. The molecule has 0 aromatic rings. The van der Waals surface area contributed by atoms with Crippen LogP contribution in [-0.2, 0) is 9.59 Å². The lowest BCUT2D eigenvalue weighted by Crippen LogP contribution is -2.27. The minimum atomic E-state index is -1.36. The van der Waals surface area contributed by atoms with Gasteiger partial charge in [0, 0.05) is 6.42 Å². The van der Waals surface area contributed by atoms with E-state index in [1.807, 2.05) is 18.2 Å². The summed E-state index contributed by atoms with van der Waals surface area (Å²) in [5, 5.41) is 19.1. The average Bonchev–Trinajstić information content (AvgIpc) is 3.04. The normalized spacial score (nSPS) is 21.1. The van der Waals surface area contributed by atoms with Crippen molar-refractivity contribution < 1.29 is 19.8 Å². The number of carboxylic acid groups (broad SMARTS) is 1. The van der Waals surface area contributed by atoms with Gasteiger partial charge in [-0.15, -0.1) is 0 Å². The van der Waals surface area contributed by atoms with Crippen LogP contribution in [0.1, 0.15) is 59.8 Å². The minimum Gasteiger partial charge on any atom is -0.476 e. The van der Waals surface area contributed by atoms with Crippen molar-refractivity contribution in [3.63, 3.8) is 0 Å². The van der Waals surface area contributed by atoms with Gasteiger partial charge in [-0.1, -0.05) is 62.0 Å². The third kappa shape index (κ3) is 8.53. The Kier molecular flexibility index (Phi) is 9.44. The zero-order valence-corrected chi connectivity index (χ0v) is 17.0. The van der Waals surface area contributed by atoms with Crippen LogP contribution < -0.4 is 0 Å². The van der Waals surface area contributed by atoms with Gasteiger partial charge in [0.1, 0.15) is 0 Å². The molecule has 0 aromatic carbocycles. The fraction of sp³-hybridized carbons (Fsp3) is 0.565. The Labute approximate surface area is 163 Å². The first kappa shape index (κ1) is 23.1. The molecule has 0 unspecified atom stereocenters. The zero-order valence-electron chi connectivity index (χ0n) is 17.0. The van der Waals surface area contributed by atoms with Gasteiger partial charge in [-0.05, 0) is 56.8 Å². The van der Waals surface area contributed by atoms with Crippen LogP contribution in [0.3, 0.4) is 0 Å². The van der Waals surface area contributed by atoms with Gasteiger partial charge in [0.15, 0.2) is 0 Å². The first-order valence-corrected chi connectivity index (χ1v) is 9.71. The number of carbonyl (C=O) groups excluding carboxylic acids is 1. The van der Waals surface area contributed by atoms with Crippen molar-refractivity contribution in [1.82, 2.24) is 0 Å². The summed E-state index contributed by atoms with van der Waals surface area (Å²) in [6.45, 7) is 8.28. The highest BCUT2D eigenvalue weighted by Gasteiger charge is 2.26. The number of aliphatic hydroxyl groups is 1. The van der Waals surface area contributed by atoms with Crippen LogP contribution in [0.4, 0.5) is 0 Å². The predicted molar refractivity (Wildman–Crippen MR) is 109 cm³/mol. The maximum Gasteiger partial charge on any atom is 0.372 e. The Balaban J connectivity index is 2.50. The molecule has 1 aliphatic rings. The van der Waals surface area contributed by atoms with Crippen molar-refractivity contribution in [3.8, 4) is 0 Å². The first-order valence-electron chi connectivity index (χ1n) is 9.71. The zero-order chi connectivity index (χ0) is 20.4. The number of hydrogen-bond donors (Lipinski definition) is 2. The molecule has 0 saturated heterocycles. The number of ketones is 1. The number of rotatable bonds is 11. The van der Waals surface area contributed by atoms with E-state index >= 15 is 0 Å². The number of aliphatic carboxylic acids is 1. The van der Waals surface area contributed by atoms with E-state index in [-0.39, 0.29) is 11.8 Å². The fourth-order valence-electron chi connectivity index (χ4n) is 2.99. The minimum absolute atomic E-state index is 0.0467. The summed E-state index contributed by atoms with van der Waals surface area (Å²) in [4.78, 5) is 21.5. The second kappa shape index (κ2) is 11.0. The quantitative estimate of drug-likeness (QED) is 0.400. The summed E-state index contributed by atoms with van der Waals surface area (Å²) < 4.78 is 0. The van der Waals surface area contributed by atoms with Gasteiger partial charge in [0.05, 0.1) is 6.10 Å². The smallest absolute Gasteiger partial charge is 0.372 e. The van der Waals surface area contributed by atoms with Crippen molar-refractivity contribution in [2.45, 2.75) is 65.9 Å². The summed E-state index contributed by atoms with van der Waals surface area (Å²) in [6.07, 6.45) is 17.2. The highest BCUT2D eigenvalue weighted by atomic mass is 16.4. The molecule has 0 spiro atoms. The van der Waals surface area contributed by atoms with Gasteiger partial charge < -0.3 is 10.2 Å². The summed E-state index contributed by atoms with van der Waals surface area (Å²) in [7, 11) is 0. The van der Waals surface area contributed by atoms with Crippen LogP contribution in [0.5, 0.6) is 0 Å². The molecule has 0 radical (unpaired) electrons. The van der Waals surface area contributed by atoms with Crippen LogP contribution in [0, 0.1) is 17.3 Å². The molecule has 0 bridgehead atoms. The molecule has 2 N–H and O–H groups in total. The SMILES string of the molecule is CC(C)=CCC(C)(C)[C@@H](O)C=C[C@H]1C=CC[C@H]1CC=CCCC(=O)C(=O)O. The molecule has 1 rings (SSSR count). The van der Waals surface area contributed by atoms with Gasteiger partial charge >= 0.3 is 5.97 Å². The lowest BCUT2D eigenvalue weighted by molar-refractivity contribution is -0.149. The highest BCUT2D eigenvalue weighted by Crippen LogP contribution is 2.32. The van der Waals surface area contributed by atoms with E-state index < -0.39 is 17.9 Å². The second-order valence-electron chi connectivity index (χ2n) is 8.28. The van der Waals surface area contributed by atoms with Crippen molar-refractivity contribution in [2.75, 3.05) is 0 Å². The monoisotopic (exact) mass is 374 g/mol. The molecule has 0 heterocycles. The van der Waals surface area contributed by atoms with E-state index in [0.29, 0.717) is 18.3 Å². The number of carboxylic acids is 1. The largest absolute Gasteiger partial charge is 0.476 e. The molecule has 150 valence electrons. The maximum atomic E-state index is 11.0. The Morgan fingerprint density at radius 1 is 1.26 bits per heavy atom. The molecule has 0 amide bonds. The molecule has 1 aliphatic carbocycles. The number of Topliss-reactive ketones (excluding diaryl/α,β-unsaturated/α-hetero) is 1. The van der Waals surface area contributed by atoms with E-state index in [4.69, 9.17) is 5.11 Å². The van der Waals surface area contributed by atoms with Gasteiger partial charge in [-0.2, -0.15) is 0 Å².